The molecular formula is C25H26N4O2. The van der Waals surface area contributed by atoms with Gasteiger partial charge >= 0.3 is 5.97 Å². The first kappa shape index (κ1) is 20.8. The third kappa shape index (κ3) is 4.81. The summed E-state index contributed by atoms with van der Waals surface area (Å²) in [5.41, 5.74) is 6.84. The summed E-state index contributed by atoms with van der Waals surface area (Å²) in [5, 5.41) is 12.3. The zero-order chi connectivity index (χ0) is 21.8. The van der Waals surface area contributed by atoms with Gasteiger partial charge < -0.3 is 10.4 Å². The van der Waals surface area contributed by atoms with E-state index in [0.29, 0.717) is 0 Å². The quantitative estimate of drug-likeness (QED) is 0.505. The second-order valence-corrected chi connectivity index (χ2v) is 7.84. The lowest BCUT2D eigenvalue weighted by Crippen LogP contribution is -2.03. The third-order valence-corrected chi connectivity index (χ3v) is 5.26. The summed E-state index contributed by atoms with van der Waals surface area (Å²) in [5.74, 6) is -0.939. The molecule has 0 bridgehead atoms. The van der Waals surface area contributed by atoms with E-state index >= 15 is 0 Å². The number of aryl methyl sites for hydroxylation is 2. The van der Waals surface area contributed by atoms with Gasteiger partial charge in [-0.1, -0.05) is 17.2 Å². The van der Waals surface area contributed by atoms with Gasteiger partial charge in [-0.05, 0) is 82.2 Å². The lowest BCUT2D eigenvalue weighted by atomic mass is 10.1. The summed E-state index contributed by atoms with van der Waals surface area (Å²) in [4.78, 5) is 20.4. The number of fused-ring (bicyclic) bond motifs is 1. The van der Waals surface area contributed by atoms with Crippen molar-refractivity contribution in [3.63, 3.8) is 0 Å². The summed E-state index contributed by atoms with van der Waals surface area (Å²) in [6.07, 6.45) is 6.46. The number of carboxylic acid groups (broad SMARTS) is 1. The van der Waals surface area contributed by atoms with Crippen LogP contribution in [-0.2, 0) is 0 Å². The van der Waals surface area contributed by atoms with Crippen molar-refractivity contribution < 1.29 is 9.90 Å². The Morgan fingerprint density at radius 2 is 1.68 bits per heavy atom. The van der Waals surface area contributed by atoms with E-state index < -0.39 is 5.97 Å². The number of aromatic nitrogens is 3. The Morgan fingerprint density at radius 3 is 2.26 bits per heavy atom. The molecule has 6 nitrogen and oxygen atoms in total. The van der Waals surface area contributed by atoms with Gasteiger partial charge in [0.15, 0.2) is 5.65 Å². The van der Waals surface area contributed by atoms with Crippen LogP contribution in [-0.4, -0.2) is 38.7 Å². The number of aromatic carboxylic acids is 1. The van der Waals surface area contributed by atoms with Crippen LogP contribution in [0.5, 0.6) is 0 Å². The minimum Gasteiger partial charge on any atom is -0.478 e. The zero-order valence-electron chi connectivity index (χ0n) is 17.8. The fraction of sp³-hybridized carbons (Fsp3) is 0.240. The van der Waals surface area contributed by atoms with Gasteiger partial charge in [0, 0.05) is 17.4 Å². The van der Waals surface area contributed by atoms with E-state index in [-0.39, 0.29) is 5.56 Å². The van der Waals surface area contributed by atoms with Gasteiger partial charge in [-0.2, -0.15) is 0 Å². The molecule has 0 saturated carbocycles. The van der Waals surface area contributed by atoms with Crippen LogP contribution < -0.4 is 5.32 Å². The summed E-state index contributed by atoms with van der Waals surface area (Å²) in [6.45, 7) is 6.63. The van der Waals surface area contributed by atoms with Crippen molar-refractivity contribution >= 4 is 17.1 Å². The summed E-state index contributed by atoms with van der Waals surface area (Å²) in [7, 11) is 0. The van der Waals surface area contributed by atoms with Gasteiger partial charge in [-0.3, -0.25) is 9.55 Å². The number of benzene rings is 2. The van der Waals surface area contributed by atoms with Crippen molar-refractivity contribution in [2.45, 2.75) is 26.7 Å². The van der Waals surface area contributed by atoms with Crippen molar-refractivity contribution in [2.75, 3.05) is 13.1 Å². The number of nitrogens with one attached hydrogen (secondary N) is 1. The van der Waals surface area contributed by atoms with Gasteiger partial charge in [-0.25, -0.2) is 9.78 Å². The lowest BCUT2D eigenvalue weighted by molar-refractivity contribution is 0.0697. The number of hydrogen-bond acceptors (Lipinski definition) is 4. The van der Waals surface area contributed by atoms with Crippen molar-refractivity contribution in [3.8, 4) is 16.9 Å². The lowest BCUT2D eigenvalue weighted by Gasteiger charge is -2.08. The molecule has 0 radical (unpaired) electrons. The number of nitrogens with zero attached hydrogens (tertiary/aromatic N) is 3. The maximum atomic E-state index is 11.0. The monoisotopic (exact) mass is 414 g/mol. The Kier molecular flexibility index (Phi) is 6.09. The van der Waals surface area contributed by atoms with Gasteiger partial charge in [0.05, 0.1) is 17.5 Å². The molecule has 6 heteroatoms. The topological polar surface area (TPSA) is 80.0 Å². The first-order chi connectivity index (χ1) is 15.0. The fourth-order valence-corrected chi connectivity index (χ4v) is 3.76. The first-order valence-electron chi connectivity index (χ1n) is 10.5. The van der Waals surface area contributed by atoms with E-state index in [1.54, 1.807) is 30.5 Å². The van der Waals surface area contributed by atoms with Gasteiger partial charge in [0.1, 0.15) is 5.52 Å². The van der Waals surface area contributed by atoms with Crippen LogP contribution in [0.4, 0.5) is 0 Å². The van der Waals surface area contributed by atoms with E-state index in [1.807, 2.05) is 16.8 Å². The molecule has 1 aliphatic rings. The average Bonchev–Trinajstić information content (AvgIpc) is 3.46. The maximum absolute atomic E-state index is 11.0. The highest BCUT2D eigenvalue weighted by molar-refractivity contribution is 5.88. The van der Waals surface area contributed by atoms with Gasteiger partial charge in [-0.15, -0.1) is 0 Å². The smallest absolute Gasteiger partial charge is 0.335 e. The standard InChI is InChI=1S/C21H17N3O2.C4H9N/c1-13-9-14(2)11-16(10-13)19-12-22-18-7-8-24(20(18)23-19)17-5-3-15(4-6-17)21(25)26;1-2-4-5-3-1/h3-12H,1-2H3,(H,25,26);5H,1-4H2. The van der Waals surface area contributed by atoms with Crippen molar-refractivity contribution in [1.82, 2.24) is 19.9 Å². The summed E-state index contributed by atoms with van der Waals surface area (Å²) in [6, 6.07) is 14.9. The second kappa shape index (κ2) is 9.10. The minimum atomic E-state index is -0.939. The van der Waals surface area contributed by atoms with Gasteiger partial charge in [0.2, 0.25) is 0 Å². The first-order valence-corrected chi connectivity index (χ1v) is 10.5. The van der Waals surface area contributed by atoms with Gasteiger partial charge in [0.25, 0.3) is 0 Å². The van der Waals surface area contributed by atoms with E-state index in [1.165, 1.54) is 37.1 Å². The van der Waals surface area contributed by atoms with E-state index in [2.05, 4.69) is 42.3 Å². The van der Waals surface area contributed by atoms with Crippen LogP contribution in [0.3, 0.4) is 0 Å². The van der Waals surface area contributed by atoms with E-state index in [4.69, 9.17) is 10.1 Å². The minimum absolute atomic E-state index is 0.257. The predicted octanol–water partition coefficient (Wildman–Crippen LogP) is 4.77. The SMILES string of the molecule is C1CCNC1.Cc1cc(C)cc(-c2cnc3ccn(-c4ccc(C(=O)O)cc4)c3n2)c1. The van der Waals surface area contributed by atoms with Crippen LogP contribution in [0, 0.1) is 13.8 Å². The Labute approximate surface area is 181 Å². The largest absolute Gasteiger partial charge is 0.478 e. The molecule has 158 valence electrons. The number of carboxylic acids is 1. The Morgan fingerprint density at radius 1 is 1.00 bits per heavy atom. The normalized spacial score (nSPS) is 13.1. The highest BCUT2D eigenvalue weighted by Gasteiger charge is 2.10. The molecule has 5 rings (SSSR count). The molecule has 1 fully saturated rings. The molecule has 0 spiro atoms. The highest BCUT2D eigenvalue weighted by Crippen LogP contribution is 2.24. The van der Waals surface area contributed by atoms with E-state index in [9.17, 15) is 4.79 Å². The van der Waals surface area contributed by atoms with Crippen LogP contribution >= 0.6 is 0 Å². The van der Waals surface area contributed by atoms with Crippen LogP contribution in [0.1, 0.15) is 34.3 Å². The molecule has 0 amide bonds. The molecule has 1 saturated heterocycles. The second-order valence-electron chi connectivity index (χ2n) is 7.84. The number of carbonyl (C=O) groups is 1. The molecule has 0 aliphatic carbocycles. The van der Waals surface area contributed by atoms with Crippen LogP contribution in [0.25, 0.3) is 28.1 Å². The van der Waals surface area contributed by atoms with Crippen LogP contribution in [0.2, 0.25) is 0 Å². The number of rotatable bonds is 3. The molecule has 2 N–H and O–H groups in total. The summed E-state index contributed by atoms with van der Waals surface area (Å²) < 4.78 is 1.92. The fourth-order valence-electron chi connectivity index (χ4n) is 3.76. The molecule has 2 aromatic carbocycles. The van der Waals surface area contributed by atoms with Crippen LogP contribution in [0.15, 0.2) is 60.9 Å². The third-order valence-electron chi connectivity index (χ3n) is 5.26. The summed E-state index contributed by atoms with van der Waals surface area (Å²) >= 11 is 0. The molecule has 31 heavy (non-hydrogen) atoms. The predicted molar refractivity (Wildman–Crippen MR) is 123 cm³/mol. The highest BCUT2D eigenvalue weighted by atomic mass is 16.4. The Balaban J connectivity index is 0.000000407. The van der Waals surface area contributed by atoms with Crippen molar-refractivity contribution in [1.29, 1.82) is 0 Å². The molecular weight excluding hydrogens is 388 g/mol. The molecule has 0 unspecified atom stereocenters. The maximum Gasteiger partial charge on any atom is 0.335 e. The Hall–Kier alpha value is -3.51. The molecule has 1 aliphatic heterocycles. The zero-order valence-corrected chi connectivity index (χ0v) is 17.8. The number of hydrogen-bond donors (Lipinski definition) is 2. The Bertz CT molecular complexity index is 1180. The van der Waals surface area contributed by atoms with E-state index in [0.717, 1.165) is 28.1 Å². The van der Waals surface area contributed by atoms with Crippen molar-refractivity contribution in [3.05, 3.63) is 77.6 Å². The van der Waals surface area contributed by atoms with Crippen molar-refractivity contribution in [2.24, 2.45) is 0 Å². The molecule has 0 atom stereocenters. The molecule has 3 heterocycles. The average molecular weight is 415 g/mol. The molecule has 2 aromatic heterocycles. The molecule has 4 aromatic rings.